The maximum atomic E-state index is 12.1. The van der Waals surface area contributed by atoms with Crippen molar-refractivity contribution in [2.24, 2.45) is 5.73 Å². The molecule has 0 aliphatic carbocycles. The molecule has 110 valence electrons. The molecule has 4 nitrogen and oxygen atoms in total. The third-order valence-corrected chi connectivity index (χ3v) is 4.03. The first-order valence-electron chi connectivity index (χ1n) is 7.42. The minimum absolute atomic E-state index is 0.201. The van der Waals surface area contributed by atoms with Crippen LogP contribution in [0.4, 0.5) is 0 Å². The molecule has 0 spiro atoms. The topological polar surface area (TPSA) is 49.6 Å². The van der Waals surface area contributed by atoms with Gasteiger partial charge in [-0.3, -0.25) is 9.69 Å². The fourth-order valence-corrected chi connectivity index (χ4v) is 2.74. The summed E-state index contributed by atoms with van der Waals surface area (Å²) in [5.74, 6) is 0.769. The Labute approximate surface area is 121 Å². The molecule has 1 amide bonds. The van der Waals surface area contributed by atoms with Crippen LogP contribution in [-0.4, -0.2) is 55.5 Å². The quantitative estimate of drug-likeness (QED) is 0.851. The van der Waals surface area contributed by atoms with Crippen LogP contribution in [0.2, 0.25) is 0 Å². The van der Waals surface area contributed by atoms with Crippen LogP contribution in [0.5, 0.6) is 0 Å². The smallest absolute Gasteiger partial charge is 0.236 e. The van der Waals surface area contributed by atoms with Gasteiger partial charge < -0.3 is 10.6 Å². The summed E-state index contributed by atoms with van der Waals surface area (Å²) in [4.78, 5) is 16.1. The molecule has 0 bridgehead atoms. The van der Waals surface area contributed by atoms with Gasteiger partial charge in [-0.05, 0) is 37.4 Å². The fourth-order valence-electron chi connectivity index (χ4n) is 2.74. The highest BCUT2D eigenvalue weighted by molar-refractivity contribution is 5.78. The molecule has 1 aromatic carbocycles. The van der Waals surface area contributed by atoms with Gasteiger partial charge in [-0.2, -0.15) is 0 Å². The molecule has 0 radical (unpaired) electrons. The number of hydrogen-bond donors (Lipinski definition) is 1. The zero-order valence-corrected chi connectivity index (χ0v) is 12.3. The Morgan fingerprint density at radius 3 is 2.85 bits per heavy atom. The van der Waals surface area contributed by atoms with E-state index in [1.807, 2.05) is 13.1 Å². The van der Waals surface area contributed by atoms with E-state index in [4.69, 9.17) is 5.73 Å². The van der Waals surface area contributed by atoms with Gasteiger partial charge in [0, 0.05) is 20.1 Å². The molecule has 1 fully saturated rings. The van der Waals surface area contributed by atoms with Crippen molar-refractivity contribution in [1.82, 2.24) is 9.80 Å². The summed E-state index contributed by atoms with van der Waals surface area (Å²) in [6.45, 7) is 3.92. The van der Waals surface area contributed by atoms with Gasteiger partial charge in [0.1, 0.15) is 0 Å². The average molecular weight is 275 g/mol. The third-order valence-electron chi connectivity index (χ3n) is 4.03. The lowest BCUT2D eigenvalue weighted by atomic mass is 9.99. The van der Waals surface area contributed by atoms with Gasteiger partial charge in [0.25, 0.3) is 0 Å². The Hall–Kier alpha value is -1.39. The Morgan fingerprint density at radius 1 is 1.40 bits per heavy atom. The van der Waals surface area contributed by atoms with E-state index in [1.165, 1.54) is 5.56 Å². The first-order valence-corrected chi connectivity index (χ1v) is 7.42. The van der Waals surface area contributed by atoms with E-state index >= 15 is 0 Å². The van der Waals surface area contributed by atoms with Crippen molar-refractivity contribution < 1.29 is 4.79 Å². The summed E-state index contributed by atoms with van der Waals surface area (Å²) in [5, 5.41) is 0. The number of hydrogen-bond acceptors (Lipinski definition) is 3. The van der Waals surface area contributed by atoms with Gasteiger partial charge in [0.15, 0.2) is 0 Å². The lowest BCUT2D eigenvalue weighted by Gasteiger charge is -2.21. The van der Waals surface area contributed by atoms with Crippen LogP contribution in [-0.2, 0) is 4.79 Å². The van der Waals surface area contributed by atoms with Gasteiger partial charge in [-0.25, -0.2) is 0 Å². The number of rotatable bonds is 6. The largest absolute Gasteiger partial charge is 0.345 e. The second-order valence-electron chi connectivity index (χ2n) is 5.59. The van der Waals surface area contributed by atoms with E-state index in [9.17, 15) is 4.79 Å². The van der Waals surface area contributed by atoms with E-state index in [0.29, 0.717) is 19.0 Å². The van der Waals surface area contributed by atoms with Gasteiger partial charge >= 0.3 is 0 Å². The van der Waals surface area contributed by atoms with E-state index in [-0.39, 0.29) is 5.91 Å². The number of nitrogens with zero attached hydrogens (tertiary/aromatic N) is 2. The van der Waals surface area contributed by atoms with Crippen LogP contribution < -0.4 is 5.73 Å². The minimum Gasteiger partial charge on any atom is -0.345 e. The molecule has 2 N–H and O–H groups in total. The van der Waals surface area contributed by atoms with Crippen LogP contribution >= 0.6 is 0 Å². The zero-order valence-electron chi connectivity index (χ0n) is 12.3. The predicted molar refractivity (Wildman–Crippen MR) is 81.5 cm³/mol. The second kappa shape index (κ2) is 7.41. The number of likely N-dealkylation sites (tertiary alicyclic amines) is 1. The molecule has 1 aliphatic heterocycles. The van der Waals surface area contributed by atoms with Crippen LogP contribution in [0.25, 0.3) is 0 Å². The van der Waals surface area contributed by atoms with Crippen molar-refractivity contribution in [2.75, 3.05) is 39.8 Å². The summed E-state index contributed by atoms with van der Waals surface area (Å²) in [7, 11) is 1.86. The maximum absolute atomic E-state index is 12.1. The molecular formula is C16H25N3O. The fraction of sp³-hybridized carbons (Fsp3) is 0.562. The zero-order chi connectivity index (χ0) is 14.4. The summed E-state index contributed by atoms with van der Waals surface area (Å²) in [6, 6.07) is 10.6. The molecule has 1 aromatic rings. The highest BCUT2D eigenvalue weighted by Gasteiger charge is 2.25. The van der Waals surface area contributed by atoms with Crippen molar-refractivity contribution in [3.05, 3.63) is 35.9 Å². The summed E-state index contributed by atoms with van der Waals surface area (Å²) in [5.41, 5.74) is 6.86. The Bertz CT molecular complexity index is 421. The first kappa shape index (κ1) is 15.0. The summed E-state index contributed by atoms with van der Waals surface area (Å²) in [6.07, 6.45) is 2.01. The average Bonchev–Trinajstić information content (AvgIpc) is 2.94. The molecule has 1 aliphatic rings. The Balaban J connectivity index is 1.80. The molecule has 1 saturated heterocycles. The minimum atomic E-state index is 0.201. The SMILES string of the molecule is CN(CCCN)C(=O)CN1CCC(c2ccccc2)C1. The van der Waals surface area contributed by atoms with Crippen molar-refractivity contribution in [1.29, 1.82) is 0 Å². The number of nitrogens with two attached hydrogens (primary N) is 1. The molecule has 1 heterocycles. The number of likely N-dealkylation sites (N-methyl/N-ethyl adjacent to an activating group) is 1. The number of carbonyl (C=O) groups is 1. The lowest BCUT2D eigenvalue weighted by Crippen LogP contribution is -2.38. The van der Waals surface area contributed by atoms with Crippen LogP contribution in [0.1, 0.15) is 24.3 Å². The van der Waals surface area contributed by atoms with Gasteiger partial charge in [-0.15, -0.1) is 0 Å². The monoisotopic (exact) mass is 275 g/mol. The van der Waals surface area contributed by atoms with Gasteiger partial charge in [0.2, 0.25) is 5.91 Å². The van der Waals surface area contributed by atoms with Gasteiger partial charge in [-0.1, -0.05) is 30.3 Å². The van der Waals surface area contributed by atoms with Crippen LogP contribution in [0, 0.1) is 0 Å². The highest BCUT2D eigenvalue weighted by Crippen LogP contribution is 2.26. The molecule has 1 atom stereocenters. The van der Waals surface area contributed by atoms with Crippen molar-refractivity contribution in [2.45, 2.75) is 18.8 Å². The van der Waals surface area contributed by atoms with Crippen molar-refractivity contribution in [3.8, 4) is 0 Å². The Morgan fingerprint density at radius 2 is 2.15 bits per heavy atom. The predicted octanol–water partition coefficient (Wildman–Crippen LogP) is 1.28. The number of amides is 1. The standard InChI is InChI=1S/C16H25N3O/c1-18(10-5-9-17)16(20)13-19-11-8-15(12-19)14-6-3-2-4-7-14/h2-4,6-7,15H,5,8-13,17H2,1H3. The molecular weight excluding hydrogens is 250 g/mol. The van der Waals surface area contributed by atoms with E-state index in [0.717, 1.165) is 32.5 Å². The lowest BCUT2D eigenvalue weighted by molar-refractivity contribution is -0.130. The van der Waals surface area contributed by atoms with E-state index in [2.05, 4.69) is 29.2 Å². The molecule has 2 rings (SSSR count). The normalized spacial score (nSPS) is 19.2. The number of carbonyl (C=O) groups excluding carboxylic acids is 1. The summed E-state index contributed by atoms with van der Waals surface area (Å²) < 4.78 is 0. The van der Waals surface area contributed by atoms with Gasteiger partial charge in [0.05, 0.1) is 6.54 Å². The van der Waals surface area contributed by atoms with Crippen molar-refractivity contribution >= 4 is 5.91 Å². The summed E-state index contributed by atoms with van der Waals surface area (Å²) >= 11 is 0. The molecule has 1 unspecified atom stereocenters. The third kappa shape index (κ3) is 4.05. The molecule has 4 heteroatoms. The van der Waals surface area contributed by atoms with E-state index in [1.54, 1.807) is 4.90 Å². The van der Waals surface area contributed by atoms with E-state index < -0.39 is 0 Å². The van der Waals surface area contributed by atoms with Crippen LogP contribution in [0.3, 0.4) is 0 Å². The van der Waals surface area contributed by atoms with Crippen molar-refractivity contribution in [3.63, 3.8) is 0 Å². The molecule has 0 aromatic heterocycles. The molecule has 20 heavy (non-hydrogen) atoms. The Kier molecular flexibility index (Phi) is 5.56. The number of benzene rings is 1. The highest BCUT2D eigenvalue weighted by atomic mass is 16.2. The maximum Gasteiger partial charge on any atom is 0.236 e. The first-order chi connectivity index (χ1) is 9.70. The van der Waals surface area contributed by atoms with Crippen LogP contribution in [0.15, 0.2) is 30.3 Å². The second-order valence-corrected chi connectivity index (χ2v) is 5.59. The molecule has 0 saturated carbocycles.